The van der Waals surface area contributed by atoms with Crippen molar-refractivity contribution in [3.05, 3.63) is 36.0 Å². The van der Waals surface area contributed by atoms with Crippen LogP contribution in [0.4, 0.5) is 0 Å². The number of aromatic amines is 1. The van der Waals surface area contributed by atoms with Gasteiger partial charge in [-0.05, 0) is 24.6 Å². The first kappa shape index (κ1) is 8.81. The van der Waals surface area contributed by atoms with Crippen molar-refractivity contribution in [3.63, 3.8) is 0 Å². The maximum atomic E-state index is 5.25. The minimum atomic E-state index is 0.900. The summed E-state index contributed by atoms with van der Waals surface area (Å²) in [6, 6.07) is 8.02. The Morgan fingerprint density at radius 1 is 1.29 bits per heavy atom. The molecule has 0 atom stereocenters. The standard InChI is InChI=1S/C11H12N2O/c1-8-3-4-9(7-11(8)14-2)10-5-6-12-13-10/h3-7H,1-2H3,(H,12,13). The van der Waals surface area contributed by atoms with Crippen molar-refractivity contribution < 1.29 is 4.74 Å². The normalized spacial score (nSPS) is 10.1. The lowest BCUT2D eigenvalue weighted by molar-refractivity contribution is 0.412. The molecule has 14 heavy (non-hydrogen) atoms. The van der Waals surface area contributed by atoms with Gasteiger partial charge in [-0.3, -0.25) is 5.10 Å². The summed E-state index contributed by atoms with van der Waals surface area (Å²) in [4.78, 5) is 0. The molecule has 0 saturated carbocycles. The number of nitrogens with one attached hydrogen (secondary N) is 1. The van der Waals surface area contributed by atoms with Crippen LogP contribution >= 0.6 is 0 Å². The summed E-state index contributed by atoms with van der Waals surface area (Å²) >= 11 is 0. The molecule has 0 radical (unpaired) electrons. The van der Waals surface area contributed by atoms with E-state index < -0.39 is 0 Å². The van der Waals surface area contributed by atoms with Crippen molar-refractivity contribution in [2.75, 3.05) is 7.11 Å². The third-order valence-corrected chi connectivity index (χ3v) is 2.22. The number of nitrogens with zero attached hydrogens (tertiary/aromatic N) is 1. The van der Waals surface area contributed by atoms with Gasteiger partial charge in [0.25, 0.3) is 0 Å². The van der Waals surface area contributed by atoms with Gasteiger partial charge < -0.3 is 4.74 Å². The van der Waals surface area contributed by atoms with Crippen LogP contribution in [-0.4, -0.2) is 17.3 Å². The predicted molar refractivity (Wildman–Crippen MR) is 55.3 cm³/mol. The van der Waals surface area contributed by atoms with Gasteiger partial charge in [0, 0.05) is 11.8 Å². The zero-order chi connectivity index (χ0) is 9.97. The lowest BCUT2D eigenvalue weighted by atomic mass is 10.1. The van der Waals surface area contributed by atoms with Crippen LogP contribution in [0.5, 0.6) is 5.75 Å². The van der Waals surface area contributed by atoms with Crippen molar-refractivity contribution in [3.8, 4) is 17.0 Å². The molecule has 1 aromatic carbocycles. The van der Waals surface area contributed by atoms with Crippen molar-refractivity contribution in [2.24, 2.45) is 0 Å². The summed E-state index contributed by atoms with van der Waals surface area (Å²) in [5, 5.41) is 6.83. The number of rotatable bonds is 2. The molecule has 1 aromatic heterocycles. The van der Waals surface area contributed by atoms with Gasteiger partial charge >= 0.3 is 0 Å². The minimum absolute atomic E-state index is 0.900. The second-order valence-electron chi connectivity index (χ2n) is 3.15. The van der Waals surface area contributed by atoms with Crippen LogP contribution in [0.25, 0.3) is 11.3 Å². The Hall–Kier alpha value is -1.77. The zero-order valence-corrected chi connectivity index (χ0v) is 8.24. The van der Waals surface area contributed by atoms with E-state index in [9.17, 15) is 0 Å². The fourth-order valence-corrected chi connectivity index (χ4v) is 1.40. The summed E-state index contributed by atoms with van der Waals surface area (Å²) in [6.45, 7) is 2.02. The average molecular weight is 188 g/mol. The van der Waals surface area contributed by atoms with E-state index in [0.717, 1.165) is 22.6 Å². The first-order valence-electron chi connectivity index (χ1n) is 4.45. The highest BCUT2D eigenvalue weighted by Crippen LogP contribution is 2.24. The van der Waals surface area contributed by atoms with Crippen LogP contribution in [0.3, 0.4) is 0 Å². The third-order valence-electron chi connectivity index (χ3n) is 2.22. The molecule has 2 aromatic rings. The molecule has 3 nitrogen and oxygen atoms in total. The van der Waals surface area contributed by atoms with Gasteiger partial charge in [0.2, 0.25) is 0 Å². The van der Waals surface area contributed by atoms with E-state index in [-0.39, 0.29) is 0 Å². The van der Waals surface area contributed by atoms with Crippen LogP contribution in [-0.2, 0) is 0 Å². The number of hydrogen-bond donors (Lipinski definition) is 1. The zero-order valence-electron chi connectivity index (χ0n) is 8.24. The van der Waals surface area contributed by atoms with Gasteiger partial charge in [-0.2, -0.15) is 5.10 Å². The molecule has 1 heterocycles. The summed E-state index contributed by atoms with van der Waals surface area (Å²) in [5.74, 6) is 0.900. The van der Waals surface area contributed by atoms with Crippen molar-refractivity contribution in [1.82, 2.24) is 10.2 Å². The number of aromatic nitrogens is 2. The summed E-state index contributed by atoms with van der Waals surface area (Å²) in [7, 11) is 1.68. The molecule has 1 N–H and O–H groups in total. The van der Waals surface area contributed by atoms with E-state index in [1.165, 1.54) is 0 Å². The van der Waals surface area contributed by atoms with Gasteiger partial charge in [0.15, 0.2) is 0 Å². The van der Waals surface area contributed by atoms with Crippen molar-refractivity contribution in [1.29, 1.82) is 0 Å². The maximum absolute atomic E-state index is 5.25. The van der Waals surface area contributed by atoms with Crippen molar-refractivity contribution >= 4 is 0 Å². The molecule has 0 aliphatic heterocycles. The van der Waals surface area contributed by atoms with E-state index in [1.807, 2.05) is 31.2 Å². The lowest BCUT2D eigenvalue weighted by Gasteiger charge is -2.05. The average Bonchev–Trinajstić information content (AvgIpc) is 2.71. The quantitative estimate of drug-likeness (QED) is 0.785. The lowest BCUT2D eigenvalue weighted by Crippen LogP contribution is -1.88. The molecule has 0 saturated heterocycles. The van der Waals surface area contributed by atoms with Crippen LogP contribution in [0, 0.1) is 6.92 Å². The van der Waals surface area contributed by atoms with Crippen molar-refractivity contribution in [2.45, 2.75) is 6.92 Å². The van der Waals surface area contributed by atoms with E-state index >= 15 is 0 Å². The molecule has 0 unspecified atom stereocenters. The molecular formula is C11H12N2O. The van der Waals surface area contributed by atoms with Crippen LogP contribution in [0.1, 0.15) is 5.56 Å². The van der Waals surface area contributed by atoms with Gasteiger partial charge in [-0.15, -0.1) is 0 Å². The highest BCUT2D eigenvalue weighted by atomic mass is 16.5. The Bertz CT molecular complexity index is 421. The van der Waals surface area contributed by atoms with Gasteiger partial charge in [0.1, 0.15) is 5.75 Å². The highest BCUT2D eigenvalue weighted by Gasteiger charge is 2.02. The Labute approximate surface area is 82.7 Å². The number of hydrogen-bond acceptors (Lipinski definition) is 2. The number of aryl methyl sites for hydroxylation is 1. The topological polar surface area (TPSA) is 37.9 Å². The van der Waals surface area contributed by atoms with Crippen LogP contribution in [0.15, 0.2) is 30.5 Å². The maximum Gasteiger partial charge on any atom is 0.122 e. The molecule has 72 valence electrons. The molecule has 0 bridgehead atoms. The van der Waals surface area contributed by atoms with E-state index in [1.54, 1.807) is 13.3 Å². The number of methoxy groups -OCH3 is 1. The number of ether oxygens (including phenoxy) is 1. The van der Waals surface area contributed by atoms with E-state index in [4.69, 9.17) is 4.74 Å². The Kier molecular flexibility index (Phi) is 2.23. The molecular weight excluding hydrogens is 176 g/mol. The van der Waals surface area contributed by atoms with Crippen LogP contribution in [0.2, 0.25) is 0 Å². The molecule has 0 fully saturated rings. The first-order chi connectivity index (χ1) is 6.81. The van der Waals surface area contributed by atoms with Gasteiger partial charge in [-0.1, -0.05) is 12.1 Å². The second kappa shape index (κ2) is 3.54. The van der Waals surface area contributed by atoms with E-state index in [2.05, 4.69) is 10.2 Å². The molecule has 0 aliphatic carbocycles. The SMILES string of the molecule is COc1cc(-c2ccn[nH]2)ccc1C. The van der Waals surface area contributed by atoms with Gasteiger partial charge in [-0.25, -0.2) is 0 Å². The fraction of sp³-hybridized carbons (Fsp3) is 0.182. The highest BCUT2D eigenvalue weighted by molar-refractivity contribution is 5.61. The largest absolute Gasteiger partial charge is 0.496 e. The Morgan fingerprint density at radius 3 is 2.79 bits per heavy atom. The van der Waals surface area contributed by atoms with Crippen LogP contribution < -0.4 is 4.74 Å². The fourth-order valence-electron chi connectivity index (χ4n) is 1.40. The predicted octanol–water partition coefficient (Wildman–Crippen LogP) is 2.39. The van der Waals surface area contributed by atoms with Gasteiger partial charge in [0.05, 0.1) is 12.8 Å². The molecule has 0 spiro atoms. The summed E-state index contributed by atoms with van der Waals surface area (Å²) in [5.41, 5.74) is 3.23. The minimum Gasteiger partial charge on any atom is -0.496 e. The summed E-state index contributed by atoms with van der Waals surface area (Å²) < 4.78 is 5.25. The number of benzene rings is 1. The number of H-pyrrole nitrogens is 1. The second-order valence-corrected chi connectivity index (χ2v) is 3.15. The molecule has 0 aliphatic rings. The smallest absolute Gasteiger partial charge is 0.122 e. The van der Waals surface area contributed by atoms with E-state index in [0.29, 0.717) is 0 Å². The summed E-state index contributed by atoms with van der Waals surface area (Å²) in [6.07, 6.45) is 1.74. The molecule has 3 heteroatoms. The first-order valence-corrected chi connectivity index (χ1v) is 4.45. The third kappa shape index (κ3) is 1.48. The monoisotopic (exact) mass is 188 g/mol. The molecule has 2 rings (SSSR count). The Balaban J connectivity index is 2.46. The molecule has 0 amide bonds. The Morgan fingerprint density at radius 2 is 2.14 bits per heavy atom.